The fourth-order valence-corrected chi connectivity index (χ4v) is 3.59. The Morgan fingerprint density at radius 3 is 2.44 bits per heavy atom. The van der Waals surface area contributed by atoms with Gasteiger partial charge in [-0.1, -0.05) is 25.7 Å². The zero-order valence-electron chi connectivity index (χ0n) is 12.1. The first-order valence-corrected chi connectivity index (χ1v) is 7.90. The summed E-state index contributed by atoms with van der Waals surface area (Å²) in [5.74, 6) is 0. The molecule has 2 rings (SSSR count). The molecule has 1 heterocycles. The van der Waals surface area contributed by atoms with Crippen molar-refractivity contribution in [2.45, 2.75) is 69.4 Å². The molecule has 18 heavy (non-hydrogen) atoms. The second-order valence-electron chi connectivity index (χ2n) is 6.47. The molecule has 1 aliphatic carbocycles. The predicted molar refractivity (Wildman–Crippen MR) is 77.8 cm³/mol. The molecule has 0 radical (unpaired) electrons. The van der Waals surface area contributed by atoms with Gasteiger partial charge >= 0.3 is 0 Å². The SMILES string of the molecule is CN1CCCC(CN)(NC2CCCCCC2)CC1. The summed E-state index contributed by atoms with van der Waals surface area (Å²) in [5, 5.41) is 3.97. The normalized spacial score (nSPS) is 33.0. The summed E-state index contributed by atoms with van der Waals surface area (Å²) in [4.78, 5) is 2.45. The second kappa shape index (κ2) is 6.88. The Balaban J connectivity index is 1.93. The van der Waals surface area contributed by atoms with Gasteiger partial charge in [0.15, 0.2) is 0 Å². The first-order chi connectivity index (χ1) is 8.74. The molecule has 0 aromatic heterocycles. The second-order valence-corrected chi connectivity index (χ2v) is 6.47. The minimum absolute atomic E-state index is 0.222. The smallest absolute Gasteiger partial charge is 0.0319 e. The summed E-state index contributed by atoms with van der Waals surface area (Å²) < 4.78 is 0. The van der Waals surface area contributed by atoms with E-state index in [1.54, 1.807) is 0 Å². The zero-order valence-corrected chi connectivity index (χ0v) is 12.1. The molecule has 0 spiro atoms. The molecule has 2 aliphatic rings. The van der Waals surface area contributed by atoms with E-state index in [1.165, 1.54) is 70.9 Å². The Hall–Kier alpha value is -0.120. The highest BCUT2D eigenvalue weighted by Gasteiger charge is 2.32. The van der Waals surface area contributed by atoms with E-state index < -0.39 is 0 Å². The molecule has 3 heteroatoms. The summed E-state index contributed by atoms with van der Waals surface area (Å²) >= 11 is 0. The van der Waals surface area contributed by atoms with Gasteiger partial charge < -0.3 is 16.0 Å². The molecule has 1 saturated carbocycles. The van der Waals surface area contributed by atoms with Crippen LogP contribution in [0.25, 0.3) is 0 Å². The molecule has 2 fully saturated rings. The summed E-state index contributed by atoms with van der Waals surface area (Å²) in [6.45, 7) is 3.22. The minimum Gasteiger partial charge on any atom is -0.329 e. The third-order valence-corrected chi connectivity index (χ3v) is 4.92. The van der Waals surface area contributed by atoms with Gasteiger partial charge in [0.05, 0.1) is 0 Å². The van der Waals surface area contributed by atoms with Gasteiger partial charge in [0.1, 0.15) is 0 Å². The fraction of sp³-hybridized carbons (Fsp3) is 1.00. The number of likely N-dealkylation sites (tertiary alicyclic amines) is 1. The Bertz CT molecular complexity index is 236. The van der Waals surface area contributed by atoms with Crippen LogP contribution in [0.1, 0.15) is 57.8 Å². The van der Waals surface area contributed by atoms with Crippen LogP contribution in [0.2, 0.25) is 0 Å². The van der Waals surface area contributed by atoms with Gasteiger partial charge in [0.25, 0.3) is 0 Å². The molecule has 1 saturated heterocycles. The summed E-state index contributed by atoms with van der Waals surface area (Å²) in [7, 11) is 2.23. The third kappa shape index (κ3) is 3.94. The highest BCUT2D eigenvalue weighted by Crippen LogP contribution is 2.25. The van der Waals surface area contributed by atoms with Gasteiger partial charge in [-0.2, -0.15) is 0 Å². The van der Waals surface area contributed by atoms with Crippen LogP contribution in [-0.4, -0.2) is 43.2 Å². The lowest BCUT2D eigenvalue weighted by Crippen LogP contribution is -2.55. The van der Waals surface area contributed by atoms with E-state index in [0.29, 0.717) is 0 Å². The van der Waals surface area contributed by atoms with Crippen molar-refractivity contribution in [3.8, 4) is 0 Å². The predicted octanol–water partition coefficient (Wildman–Crippen LogP) is 2.11. The van der Waals surface area contributed by atoms with Crippen molar-refractivity contribution >= 4 is 0 Å². The van der Waals surface area contributed by atoms with Gasteiger partial charge in [-0.15, -0.1) is 0 Å². The van der Waals surface area contributed by atoms with Gasteiger partial charge in [0, 0.05) is 18.1 Å². The number of hydrogen-bond donors (Lipinski definition) is 2. The topological polar surface area (TPSA) is 41.3 Å². The molecule has 106 valence electrons. The number of nitrogens with zero attached hydrogens (tertiary/aromatic N) is 1. The van der Waals surface area contributed by atoms with Crippen LogP contribution >= 0.6 is 0 Å². The van der Waals surface area contributed by atoms with Gasteiger partial charge in [-0.25, -0.2) is 0 Å². The Kier molecular flexibility index (Phi) is 5.46. The average molecular weight is 253 g/mol. The standard InChI is InChI=1S/C15H31N3/c1-18-11-6-9-15(13-16,10-12-18)17-14-7-4-2-3-5-8-14/h14,17H,2-13,16H2,1H3. The lowest BCUT2D eigenvalue weighted by Gasteiger charge is -2.37. The molecule has 1 atom stereocenters. The third-order valence-electron chi connectivity index (χ3n) is 4.92. The van der Waals surface area contributed by atoms with Crippen LogP contribution in [0.5, 0.6) is 0 Å². The average Bonchev–Trinajstić information content (AvgIpc) is 2.72. The lowest BCUT2D eigenvalue weighted by molar-refractivity contribution is 0.242. The van der Waals surface area contributed by atoms with E-state index in [9.17, 15) is 0 Å². The van der Waals surface area contributed by atoms with Gasteiger partial charge in [-0.05, 0) is 52.2 Å². The zero-order chi connectivity index (χ0) is 12.8. The quantitative estimate of drug-likeness (QED) is 0.757. The van der Waals surface area contributed by atoms with Crippen molar-refractivity contribution in [1.82, 2.24) is 10.2 Å². The van der Waals surface area contributed by atoms with Crippen LogP contribution in [0.15, 0.2) is 0 Å². The summed E-state index contributed by atoms with van der Waals surface area (Å²) in [6, 6.07) is 0.722. The number of rotatable bonds is 3. The molecule has 3 nitrogen and oxygen atoms in total. The van der Waals surface area contributed by atoms with Crippen LogP contribution < -0.4 is 11.1 Å². The van der Waals surface area contributed by atoms with Gasteiger partial charge in [0.2, 0.25) is 0 Å². The van der Waals surface area contributed by atoms with Crippen LogP contribution in [0, 0.1) is 0 Å². The number of hydrogen-bond acceptors (Lipinski definition) is 3. The maximum Gasteiger partial charge on any atom is 0.0319 e. The summed E-state index contributed by atoms with van der Waals surface area (Å²) in [5.41, 5.74) is 6.35. The maximum atomic E-state index is 6.13. The lowest BCUT2D eigenvalue weighted by atomic mass is 9.88. The van der Waals surface area contributed by atoms with Gasteiger partial charge in [-0.3, -0.25) is 0 Å². The molecular formula is C15H31N3. The van der Waals surface area contributed by atoms with Crippen LogP contribution in [0.3, 0.4) is 0 Å². The number of nitrogens with two attached hydrogens (primary N) is 1. The van der Waals surface area contributed by atoms with E-state index >= 15 is 0 Å². The molecule has 1 unspecified atom stereocenters. The molecule has 0 aromatic rings. The van der Waals surface area contributed by atoms with Crippen LogP contribution in [-0.2, 0) is 0 Å². The molecule has 0 amide bonds. The number of nitrogens with one attached hydrogen (secondary N) is 1. The van der Waals surface area contributed by atoms with Crippen molar-refractivity contribution < 1.29 is 0 Å². The Morgan fingerprint density at radius 1 is 1.06 bits per heavy atom. The molecule has 1 aliphatic heterocycles. The molecule has 0 aromatic carbocycles. The van der Waals surface area contributed by atoms with Crippen molar-refractivity contribution in [3.63, 3.8) is 0 Å². The summed E-state index contributed by atoms with van der Waals surface area (Å²) in [6.07, 6.45) is 12.1. The van der Waals surface area contributed by atoms with Crippen molar-refractivity contribution in [3.05, 3.63) is 0 Å². The van der Waals surface area contributed by atoms with E-state index in [2.05, 4.69) is 17.3 Å². The minimum atomic E-state index is 0.222. The van der Waals surface area contributed by atoms with Crippen molar-refractivity contribution in [2.24, 2.45) is 5.73 Å². The Labute approximate surface area is 112 Å². The van der Waals surface area contributed by atoms with E-state index in [0.717, 1.165) is 12.6 Å². The molecular weight excluding hydrogens is 222 g/mol. The monoisotopic (exact) mass is 253 g/mol. The Morgan fingerprint density at radius 2 is 1.78 bits per heavy atom. The maximum absolute atomic E-state index is 6.13. The molecule has 3 N–H and O–H groups in total. The van der Waals surface area contributed by atoms with Crippen molar-refractivity contribution in [1.29, 1.82) is 0 Å². The van der Waals surface area contributed by atoms with Crippen molar-refractivity contribution in [2.75, 3.05) is 26.7 Å². The highest BCUT2D eigenvalue weighted by molar-refractivity contribution is 4.94. The first-order valence-electron chi connectivity index (χ1n) is 7.90. The van der Waals surface area contributed by atoms with Crippen LogP contribution in [0.4, 0.5) is 0 Å². The first kappa shape index (κ1) is 14.3. The fourth-order valence-electron chi connectivity index (χ4n) is 3.59. The largest absolute Gasteiger partial charge is 0.329 e. The van der Waals surface area contributed by atoms with E-state index in [1.807, 2.05) is 0 Å². The van der Waals surface area contributed by atoms with E-state index in [4.69, 9.17) is 5.73 Å². The molecule has 0 bridgehead atoms. The van der Waals surface area contributed by atoms with E-state index in [-0.39, 0.29) is 5.54 Å². The highest BCUT2D eigenvalue weighted by atomic mass is 15.1.